The van der Waals surface area contributed by atoms with E-state index < -0.39 is 18.6 Å². The van der Waals surface area contributed by atoms with Crippen LogP contribution in [-0.2, 0) is 9.53 Å². The van der Waals surface area contributed by atoms with Crippen molar-refractivity contribution in [2.75, 3.05) is 53.5 Å². The van der Waals surface area contributed by atoms with Gasteiger partial charge in [-0.25, -0.2) is 4.99 Å². The van der Waals surface area contributed by atoms with Crippen LogP contribution in [0.15, 0.2) is 4.99 Å². The number of ether oxygens (including phenoxy) is 1. The van der Waals surface area contributed by atoms with E-state index >= 15 is 0 Å². The van der Waals surface area contributed by atoms with Crippen molar-refractivity contribution in [1.29, 1.82) is 0 Å². The maximum atomic E-state index is 12.3. The van der Waals surface area contributed by atoms with E-state index in [0.29, 0.717) is 23.3 Å². The Balaban J connectivity index is 2.51. The number of hydrogen-bond donors (Lipinski definition) is 1. The van der Waals surface area contributed by atoms with Crippen molar-refractivity contribution >= 4 is 11.9 Å². The van der Waals surface area contributed by atoms with Gasteiger partial charge < -0.3 is 19.9 Å². The minimum atomic E-state index is -4.40. The Bertz CT molecular complexity index is 438. The van der Waals surface area contributed by atoms with Gasteiger partial charge in [-0.3, -0.25) is 4.79 Å². The number of carbonyl (C=O) groups is 1. The summed E-state index contributed by atoms with van der Waals surface area (Å²) >= 11 is 0. The summed E-state index contributed by atoms with van der Waals surface area (Å²) in [6.07, 6.45) is -1.32. The molecule has 1 heterocycles. The van der Waals surface area contributed by atoms with Crippen LogP contribution in [0.5, 0.6) is 0 Å². The van der Waals surface area contributed by atoms with Gasteiger partial charge in [-0.15, -0.1) is 0 Å². The maximum absolute atomic E-state index is 12.3. The monoisotopic (exact) mass is 366 g/mol. The first-order chi connectivity index (χ1) is 11.7. The van der Waals surface area contributed by atoms with Crippen molar-refractivity contribution in [3.63, 3.8) is 0 Å². The van der Waals surface area contributed by atoms with Gasteiger partial charge in [0.05, 0.1) is 0 Å². The fourth-order valence-electron chi connectivity index (χ4n) is 2.61. The van der Waals surface area contributed by atoms with Crippen LogP contribution in [0.2, 0.25) is 0 Å². The number of guanidine groups is 1. The molecule has 1 N–H and O–H groups in total. The average Bonchev–Trinajstić information content (AvgIpc) is 2.55. The van der Waals surface area contributed by atoms with E-state index in [9.17, 15) is 18.0 Å². The standard InChI is InChI=1S/C16H29F3N4O2/c1-4-20-15(21-11-14(24)23(3)12-16(17,18)19)22(2)8-5-13-6-9-25-10-7-13/h13H,4-12H2,1-3H3,(H,20,21). The number of hydrogen-bond acceptors (Lipinski definition) is 3. The lowest BCUT2D eigenvalue weighted by atomic mass is 9.96. The molecule has 0 aromatic carbocycles. The van der Waals surface area contributed by atoms with E-state index in [1.54, 1.807) is 0 Å². The fraction of sp³-hybridized carbons (Fsp3) is 0.875. The molecule has 0 saturated carbocycles. The molecule has 0 radical (unpaired) electrons. The number of rotatable bonds is 7. The molecular formula is C16H29F3N4O2. The van der Waals surface area contributed by atoms with E-state index in [4.69, 9.17) is 4.74 Å². The lowest BCUT2D eigenvalue weighted by molar-refractivity contribution is -0.157. The zero-order valence-electron chi connectivity index (χ0n) is 15.2. The molecule has 0 aliphatic carbocycles. The smallest absolute Gasteiger partial charge is 0.381 e. The number of carbonyl (C=O) groups excluding carboxylic acids is 1. The van der Waals surface area contributed by atoms with Crippen LogP contribution in [0.1, 0.15) is 26.2 Å². The number of nitrogens with zero attached hydrogens (tertiary/aromatic N) is 3. The SMILES string of the molecule is CCNC(=NCC(=O)N(C)CC(F)(F)F)N(C)CCC1CCOCC1. The Morgan fingerprint density at radius 1 is 1.24 bits per heavy atom. The highest BCUT2D eigenvalue weighted by Crippen LogP contribution is 2.18. The quantitative estimate of drug-likeness (QED) is 0.551. The summed E-state index contributed by atoms with van der Waals surface area (Å²) in [7, 11) is 3.00. The van der Waals surface area contributed by atoms with Crippen LogP contribution >= 0.6 is 0 Å². The van der Waals surface area contributed by atoms with Crippen molar-refractivity contribution in [3.05, 3.63) is 0 Å². The predicted molar refractivity (Wildman–Crippen MR) is 90.5 cm³/mol. The molecule has 1 fully saturated rings. The van der Waals surface area contributed by atoms with Gasteiger partial charge in [0.2, 0.25) is 5.91 Å². The minimum Gasteiger partial charge on any atom is -0.381 e. The lowest BCUT2D eigenvalue weighted by Gasteiger charge is -2.27. The van der Waals surface area contributed by atoms with Gasteiger partial charge in [-0.2, -0.15) is 13.2 Å². The molecular weight excluding hydrogens is 337 g/mol. The van der Waals surface area contributed by atoms with Gasteiger partial charge in [0.1, 0.15) is 13.1 Å². The van der Waals surface area contributed by atoms with Crippen molar-refractivity contribution in [3.8, 4) is 0 Å². The molecule has 0 aromatic rings. The number of nitrogens with one attached hydrogen (secondary N) is 1. The first-order valence-corrected chi connectivity index (χ1v) is 8.60. The third kappa shape index (κ3) is 8.94. The van der Waals surface area contributed by atoms with Crippen LogP contribution < -0.4 is 5.32 Å². The van der Waals surface area contributed by atoms with E-state index in [1.165, 1.54) is 0 Å². The summed E-state index contributed by atoms with van der Waals surface area (Å²) in [6.45, 7) is 3.30. The highest BCUT2D eigenvalue weighted by atomic mass is 19.4. The molecule has 0 spiro atoms. The summed E-state index contributed by atoms with van der Waals surface area (Å²) in [5.74, 6) is 0.479. The first-order valence-electron chi connectivity index (χ1n) is 8.60. The van der Waals surface area contributed by atoms with E-state index in [0.717, 1.165) is 46.1 Å². The summed E-state index contributed by atoms with van der Waals surface area (Å²) in [5, 5.41) is 3.07. The Hall–Kier alpha value is -1.51. The molecule has 146 valence electrons. The lowest BCUT2D eigenvalue weighted by Crippen LogP contribution is -2.42. The molecule has 0 bridgehead atoms. The van der Waals surface area contributed by atoms with E-state index in [1.807, 2.05) is 18.9 Å². The maximum Gasteiger partial charge on any atom is 0.406 e. The number of amides is 1. The molecule has 1 saturated heterocycles. The summed E-state index contributed by atoms with van der Waals surface area (Å²) in [5.41, 5.74) is 0. The van der Waals surface area contributed by atoms with Crippen LogP contribution in [-0.4, -0.2) is 81.3 Å². The Labute approximate surface area is 147 Å². The predicted octanol–water partition coefficient (Wildman–Crippen LogP) is 1.72. The molecule has 1 rings (SSSR count). The third-order valence-corrected chi connectivity index (χ3v) is 4.12. The Morgan fingerprint density at radius 2 is 1.88 bits per heavy atom. The summed E-state index contributed by atoms with van der Waals surface area (Å²) in [6, 6.07) is 0. The van der Waals surface area contributed by atoms with Crippen molar-refractivity contribution < 1.29 is 22.7 Å². The Morgan fingerprint density at radius 3 is 2.44 bits per heavy atom. The van der Waals surface area contributed by atoms with Crippen LogP contribution in [0.4, 0.5) is 13.2 Å². The topological polar surface area (TPSA) is 57.2 Å². The largest absolute Gasteiger partial charge is 0.406 e. The molecule has 1 amide bonds. The van der Waals surface area contributed by atoms with Crippen molar-refractivity contribution in [2.45, 2.75) is 32.4 Å². The normalized spacial score (nSPS) is 16.6. The van der Waals surface area contributed by atoms with Crippen LogP contribution in [0.3, 0.4) is 0 Å². The van der Waals surface area contributed by atoms with E-state index in [2.05, 4.69) is 10.3 Å². The molecule has 1 aliphatic heterocycles. The van der Waals surface area contributed by atoms with Gasteiger partial charge in [0, 0.05) is 40.4 Å². The number of alkyl halides is 3. The van der Waals surface area contributed by atoms with E-state index in [-0.39, 0.29) is 6.54 Å². The molecule has 9 heteroatoms. The van der Waals surface area contributed by atoms with Gasteiger partial charge in [0.15, 0.2) is 5.96 Å². The number of likely N-dealkylation sites (N-methyl/N-ethyl adjacent to an activating group) is 1. The number of halogens is 3. The average molecular weight is 366 g/mol. The van der Waals surface area contributed by atoms with Crippen LogP contribution in [0, 0.1) is 5.92 Å². The zero-order valence-corrected chi connectivity index (χ0v) is 15.2. The molecule has 0 atom stereocenters. The summed E-state index contributed by atoms with van der Waals surface area (Å²) in [4.78, 5) is 18.6. The first kappa shape index (κ1) is 21.5. The zero-order chi connectivity index (χ0) is 18.9. The second kappa shape index (κ2) is 10.5. The third-order valence-electron chi connectivity index (χ3n) is 4.12. The summed E-state index contributed by atoms with van der Waals surface area (Å²) < 4.78 is 42.3. The molecule has 6 nitrogen and oxygen atoms in total. The van der Waals surface area contributed by atoms with Crippen LogP contribution in [0.25, 0.3) is 0 Å². The molecule has 0 unspecified atom stereocenters. The van der Waals surface area contributed by atoms with Gasteiger partial charge in [0.25, 0.3) is 0 Å². The van der Waals surface area contributed by atoms with Gasteiger partial charge >= 0.3 is 6.18 Å². The van der Waals surface area contributed by atoms with Crippen molar-refractivity contribution in [1.82, 2.24) is 15.1 Å². The highest BCUT2D eigenvalue weighted by molar-refractivity contribution is 5.84. The fourth-order valence-corrected chi connectivity index (χ4v) is 2.61. The minimum absolute atomic E-state index is 0.309. The van der Waals surface area contributed by atoms with Crippen molar-refractivity contribution in [2.24, 2.45) is 10.9 Å². The van der Waals surface area contributed by atoms with Gasteiger partial charge in [-0.1, -0.05) is 0 Å². The highest BCUT2D eigenvalue weighted by Gasteiger charge is 2.31. The second-order valence-corrected chi connectivity index (χ2v) is 6.30. The number of aliphatic imine (C=N–C) groups is 1. The molecule has 25 heavy (non-hydrogen) atoms. The molecule has 0 aromatic heterocycles. The second-order valence-electron chi connectivity index (χ2n) is 6.30. The Kier molecular flexibility index (Phi) is 9.02. The van der Waals surface area contributed by atoms with Gasteiger partial charge in [-0.05, 0) is 32.1 Å². The molecule has 1 aliphatic rings.